The van der Waals surface area contributed by atoms with Crippen LogP contribution >= 0.6 is 0 Å². The monoisotopic (exact) mass is 513 g/mol. The van der Waals surface area contributed by atoms with E-state index in [4.69, 9.17) is 10.7 Å². The first-order valence-corrected chi connectivity index (χ1v) is 14.4. The number of pyridine rings is 1. The van der Waals surface area contributed by atoms with Crippen molar-refractivity contribution in [3.8, 4) is 0 Å². The summed E-state index contributed by atoms with van der Waals surface area (Å²) >= 11 is 0. The predicted octanol–water partition coefficient (Wildman–Crippen LogP) is 1.03. The molecular weight excluding hydrogens is 466 g/mol. The zero-order valence-electron chi connectivity index (χ0n) is 22.6. The molecule has 1 aromatic rings. The van der Waals surface area contributed by atoms with Gasteiger partial charge in [0.15, 0.2) is 0 Å². The third kappa shape index (κ3) is 8.82. The van der Waals surface area contributed by atoms with E-state index in [1.54, 1.807) is 0 Å². The number of piperidine rings is 2. The first-order chi connectivity index (χ1) is 18.1. The number of amides is 1. The lowest BCUT2D eigenvalue weighted by Crippen LogP contribution is -2.50. The third-order valence-corrected chi connectivity index (χ3v) is 8.08. The van der Waals surface area contributed by atoms with Crippen molar-refractivity contribution in [1.82, 2.24) is 29.5 Å². The normalized spacial score (nSPS) is 22.7. The van der Waals surface area contributed by atoms with Gasteiger partial charge in [-0.05, 0) is 57.3 Å². The van der Waals surface area contributed by atoms with Crippen molar-refractivity contribution in [2.45, 2.75) is 57.7 Å². The first kappa shape index (κ1) is 28.1. The lowest BCUT2D eigenvalue weighted by Gasteiger charge is -2.36. The number of hydrogen-bond donors (Lipinski definition) is 1. The van der Waals surface area contributed by atoms with Crippen LogP contribution in [0.3, 0.4) is 0 Å². The standard InChI is InChI=1S/C28H47N7O2/c29-10-15-31-16-17-33(23-28(37)34-13-5-2-6-14-34)20-25-8-7-9-26(30-25)21-35(19-18-31)27(24-36)22-32-11-3-1-4-12-32/h7-9,24,27H,1-6,10-23,29H2. The molecule has 1 amide bonds. The molecule has 1 unspecified atom stereocenters. The molecule has 2 bridgehead atoms. The predicted molar refractivity (Wildman–Crippen MR) is 146 cm³/mol. The smallest absolute Gasteiger partial charge is 0.236 e. The van der Waals surface area contributed by atoms with Gasteiger partial charge in [-0.2, -0.15) is 0 Å². The Balaban J connectivity index is 1.49. The molecule has 3 aliphatic rings. The van der Waals surface area contributed by atoms with Crippen LogP contribution in [0.5, 0.6) is 0 Å². The van der Waals surface area contributed by atoms with Crippen molar-refractivity contribution in [2.24, 2.45) is 5.73 Å². The van der Waals surface area contributed by atoms with Crippen molar-refractivity contribution in [1.29, 1.82) is 0 Å². The average Bonchev–Trinajstić information content (AvgIpc) is 2.93. The molecule has 0 aromatic carbocycles. The van der Waals surface area contributed by atoms with E-state index in [0.717, 1.165) is 96.0 Å². The molecule has 9 nitrogen and oxygen atoms in total. The van der Waals surface area contributed by atoms with E-state index in [0.29, 0.717) is 26.2 Å². The second-order valence-electron chi connectivity index (χ2n) is 10.9. The van der Waals surface area contributed by atoms with Crippen molar-refractivity contribution in [2.75, 3.05) is 78.5 Å². The first-order valence-electron chi connectivity index (χ1n) is 14.4. The average molecular weight is 514 g/mol. The molecule has 2 fully saturated rings. The molecule has 3 aliphatic heterocycles. The highest BCUT2D eigenvalue weighted by molar-refractivity contribution is 5.78. The van der Waals surface area contributed by atoms with E-state index in [2.05, 4.69) is 37.8 Å². The van der Waals surface area contributed by atoms with E-state index in [9.17, 15) is 9.59 Å². The van der Waals surface area contributed by atoms with Gasteiger partial charge >= 0.3 is 0 Å². The molecule has 0 aliphatic carbocycles. The summed E-state index contributed by atoms with van der Waals surface area (Å²) in [4.78, 5) is 41.7. The number of nitrogens with zero attached hydrogens (tertiary/aromatic N) is 6. The molecule has 206 valence electrons. The lowest BCUT2D eigenvalue weighted by molar-refractivity contribution is -0.133. The number of nitrogens with two attached hydrogens (primary N) is 1. The minimum absolute atomic E-state index is 0.148. The zero-order valence-corrected chi connectivity index (χ0v) is 22.6. The maximum atomic E-state index is 13.1. The third-order valence-electron chi connectivity index (χ3n) is 8.08. The molecule has 1 atom stereocenters. The number of likely N-dealkylation sites (tertiary alicyclic amines) is 2. The maximum Gasteiger partial charge on any atom is 0.236 e. The van der Waals surface area contributed by atoms with Crippen molar-refractivity contribution in [3.63, 3.8) is 0 Å². The van der Waals surface area contributed by atoms with Crippen molar-refractivity contribution in [3.05, 3.63) is 29.6 Å². The van der Waals surface area contributed by atoms with E-state index < -0.39 is 0 Å². The number of carbonyl (C=O) groups is 2. The second-order valence-corrected chi connectivity index (χ2v) is 10.9. The van der Waals surface area contributed by atoms with Gasteiger partial charge in [-0.15, -0.1) is 0 Å². The number of fused-ring (bicyclic) bond motifs is 2. The molecule has 2 saturated heterocycles. The highest BCUT2D eigenvalue weighted by atomic mass is 16.2. The number of aromatic nitrogens is 1. The Morgan fingerprint density at radius 1 is 0.838 bits per heavy atom. The van der Waals surface area contributed by atoms with Gasteiger partial charge in [0.25, 0.3) is 0 Å². The lowest BCUT2D eigenvalue weighted by atomic mass is 10.1. The van der Waals surface area contributed by atoms with Crippen molar-refractivity contribution < 1.29 is 9.59 Å². The number of rotatable bonds is 8. The number of hydrogen-bond acceptors (Lipinski definition) is 8. The van der Waals surface area contributed by atoms with Crippen LogP contribution in [-0.4, -0.2) is 126 Å². The number of carbonyl (C=O) groups excluding carboxylic acids is 2. The van der Waals surface area contributed by atoms with Crippen LogP contribution in [0.1, 0.15) is 49.9 Å². The number of aldehydes is 1. The van der Waals surface area contributed by atoms with Gasteiger partial charge in [0.2, 0.25) is 5.91 Å². The van der Waals surface area contributed by atoms with Gasteiger partial charge in [-0.1, -0.05) is 12.5 Å². The van der Waals surface area contributed by atoms with Gasteiger partial charge in [0.1, 0.15) is 6.29 Å². The summed E-state index contributed by atoms with van der Waals surface area (Å²) < 4.78 is 0. The van der Waals surface area contributed by atoms with Gasteiger partial charge in [0.05, 0.1) is 24.0 Å². The summed E-state index contributed by atoms with van der Waals surface area (Å²) in [7, 11) is 0. The Labute approximate surface area is 222 Å². The van der Waals surface area contributed by atoms with Gasteiger partial charge in [-0.25, -0.2) is 0 Å². The Kier molecular flexibility index (Phi) is 11.3. The Bertz CT molecular complexity index is 842. The van der Waals surface area contributed by atoms with Gasteiger partial charge in [-0.3, -0.25) is 24.5 Å². The highest BCUT2D eigenvalue weighted by Gasteiger charge is 2.25. The SMILES string of the molecule is NCCN1CCN(CC(=O)N2CCCCC2)Cc2cccc(n2)CN(C(C=O)CN2CCCCC2)CC1. The van der Waals surface area contributed by atoms with E-state index in [1.807, 2.05) is 4.90 Å². The van der Waals surface area contributed by atoms with Crippen LogP contribution in [0.2, 0.25) is 0 Å². The van der Waals surface area contributed by atoms with Crippen LogP contribution < -0.4 is 5.73 Å². The Hall–Kier alpha value is -1.91. The van der Waals surface area contributed by atoms with Gasteiger partial charge < -0.3 is 20.3 Å². The second kappa shape index (κ2) is 14.9. The molecular formula is C28H47N7O2. The topological polar surface area (TPSA) is 89.2 Å². The van der Waals surface area contributed by atoms with E-state index >= 15 is 0 Å². The molecule has 9 heteroatoms. The van der Waals surface area contributed by atoms with Crippen LogP contribution in [0.25, 0.3) is 0 Å². The fourth-order valence-electron chi connectivity index (χ4n) is 5.88. The van der Waals surface area contributed by atoms with Crippen LogP contribution in [0.15, 0.2) is 18.2 Å². The summed E-state index contributed by atoms with van der Waals surface area (Å²) in [6.07, 6.45) is 8.29. The zero-order chi connectivity index (χ0) is 25.9. The minimum Gasteiger partial charge on any atom is -0.342 e. The summed E-state index contributed by atoms with van der Waals surface area (Å²) in [6.45, 7) is 11.1. The molecule has 4 heterocycles. The maximum absolute atomic E-state index is 13.1. The molecule has 4 rings (SSSR count). The highest BCUT2D eigenvalue weighted by Crippen LogP contribution is 2.15. The molecule has 2 N–H and O–H groups in total. The van der Waals surface area contributed by atoms with Crippen LogP contribution in [0, 0.1) is 0 Å². The Morgan fingerprint density at radius 3 is 2.19 bits per heavy atom. The van der Waals surface area contributed by atoms with Crippen LogP contribution in [0.4, 0.5) is 0 Å². The summed E-state index contributed by atoms with van der Waals surface area (Å²) in [6, 6.07) is 6.03. The van der Waals surface area contributed by atoms with Crippen LogP contribution in [-0.2, 0) is 22.7 Å². The quantitative estimate of drug-likeness (QED) is 0.516. The largest absolute Gasteiger partial charge is 0.342 e. The van der Waals surface area contributed by atoms with E-state index in [-0.39, 0.29) is 11.9 Å². The van der Waals surface area contributed by atoms with E-state index in [1.165, 1.54) is 25.7 Å². The molecule has 37 heavy (non-hydrogen) atoms. The molecule has 0 radical (unpaired) electrons. The van der Waals surface area contributed by atoms with Crippen molar-refractivity contribution >= 4 is 12.2 Å². The molecule has 0 saturated carbocycles. The molecule has 0 spiro atoms. The summed E-state index contributed by atoms with van der Waals surface area (Å²) in [5, 5.41) is 0. The fourth-order valence-corrected chi connectivity index (χ4v) is 5.88. The Morgan fingerprint density at radius 2 is 1.49 bits per heavy atom. The molecule has 1 aromatic heterocycles. The summed E-state index contributed by atoms with van der Waals surface area (Å²) in [5.41, 5.74) is 7.94. The minimum atomic E-state index is -0.148. The van der Waals surface area contributed by atoms with Gasteiger partial charge in [0, 0.05) is 72.0 Å². The fraction of sp³-hybridized carbons (Fsp3) is 0.750. The summed E-state index contributed by atoms with van der Waals surface area (Å²) in [5.74, 6) is 0.228.